The maximum Gasteiger partial charge on any atom is 0.416 e. The monoisotopic (exact) mass is 287 g/mol. The minimum Gasteiger partial charge on any atom is -0.384 e. The largest absolute Gasteiger partial charge is 0.416 e. The van der Waals surface area contributed by atoms with Crippen LogP contribution in [0.4, 0.5) is 38.0 Å². The minimum absolute atomic E-state index is 0.146. The van der Waals surface area contributed by atoms with Gasteiger partial charge in [-0.05, 0) is 19.1 Å². The third-order valence-corrected chi connectivity index (χ3v) is 2.23. The summed E-state index contributed by atoms with van der Waals surface area (Å²) in [4.78, 5) is 4.18. The third kappa shape index (κ3) is 4.49. The molecule has 0 saturated heterocycles. The van der Waals surface area contributed by atoms with Gasteiger partial charge in [-0.1, -0.05) is 0 Å². The Morgan fingerprint density at radius 3 is 2.16 bits per heavy atom. The minimum atomic E-state index is -4.69. The molecule has 0 aromatic carbocycles. The van der Waals surface area contributed by atoms with Crippen molar-refractivity contribution in [2.45, 2.75) is 19.3 Å². The normalized spacial score (nSPS) is 12.6. The van der Waals surface area contributed by atoms with Crippen molar-refractivity contribution >= 4 is 11.6 Å². The molecule has 0 bridgehead atoms. The van der Waals surface area contributed by atoms with Crippen LogP contribution in [0.1, 0.15) is 12.5 Å². The summed E-state index contributed by atoms with van der Waals surface area (Å²) in [6.45, 7) is -0.158. The number of hydrogen-bond acceptors (Lipinski definition) is 3. The molecule has 1 rings (SSSR count). The molecule has 0 fully saturated rings. The first-order valence-corrected chi connectivity index (χ1v) is 5.19. The molecule has 9 heteroatoms. The number of nitrogen functional groups attached to an aromatic ring is 1. The van der Waals surface area contributed by atoms with Gasteiger partial charge in [-0.25, -0.2) is 4.98 Å². The van der Waals surface area contributed by atoms with Crippen molar-refractivity contribution in [2.75, 3.05) is 23.7 Å². The van der Waals surface area contributed by atoms with E-state index >= 15 is 0 Å². The molecule has 108 valence electrons. The molecular formula is C10H11F6N3. The van der Waals surface area contributed by atoms with E-state index < -0.39 is 36.1 Å². The van der Waals surface area contributed by atoms with E-state index in [-0.39, 0.29) is 6.54 Å². The predicted molar refractivity (Wildman–Crippen MR) is 57.6 cm³/mol. The molecule has 0 radical (unpaired) electrons. The Bertz CT molecular complexity index is 440. The SMILES string of the molecule is CCN(CC(F)(F)F)c1cc(C(F)(F)F)cc(N)n1. The van der Waals surface area contributed by atoms with E-state index in [0.717, 1.165) is 0 Å². The number of pyridine rings is 1. The van der Waals surface area contributed by atoms with Crippen molar-refractivity contribution in [1.29, 1.82) is 0 Å². The number of nitrogens with two attached hydrogens (primary N) is 1. The molecule has 1 aromatic rings. The second-order valence-corrected chi connectivity index (χ2v) is 3.77. The number of rotatable bonds is 3. The molecule has 1 heterocycles. The summed E-state index contributed by atoms with van der Waals surface area (Å²) in [5.74, 6) is -0.933. The highest BCUT2D eigenvalue weighted by Gasteiger charge is 2.34. The van der Waals surface area contributed by atoms with Gasteiger partial charge in [0.25, 0.3) is 0 Å². The molecule has 3 nitrogen and oxygen atoms in total. The summed E-state index contributed by atoms with van der Waals surface area (Å²) in [6, 6.07) is 1.12. The van der Waals surface area contributed by atoms with Crippen LogP contribution < -0.4 is 10.6 Å². The standard InChI is InChI=1S/C10H11F6N3/c1-2-19(5-9(11,12)13)8-4-6(10(14,15)16)3-7(17)18-8/h3-4H,2,5H2,1H3,(H2,17,18). The smallest absolute Gasteiger partial charge is 0.384 e. The van der Waals surface area contributed by atoms with Gasteiger partial charge < -0.3 is 10.6 Å². The van der Waals surface area contributed by atoms with E-state index in [4.69, 9.17) is 5.73 Å². The van der Waals surface area contributed by atoms with Crippen LogP contribution in [0, 0.1) is 0 Å². The summed E-state index contributed by atoms with van der Waals surface area (Å²) in [5.41, 5.74) is 4.06. The van der Waals surface area contributed by atoms with E-state index in [9.17, 15) is 26.3 Å². The summed E-state index contributed by atoms with van der Waals surface area (Å²) >= 11 is 0. The quantitative estimate of drug-likeness (QED) is 0.869. The first-order valence-electron chi connectivity index (χ1n) is 5.19. The zero-order chi connectivity index (χ0) is 14.8. The van der Waals surface area contributed by atoms with Crippen LogP contribution in [0.25, 0.3) is 0 Å². The van der Waals surface area contributed by atoms with Crippen molar-refractivity contribution in [1.82, 2.24) is 4.98 Å². The van der Waals surface area contributed by atoms with Gasteiger partial charge in [0.1, 0.15) is 18.2 Å². The van der Waals surface area contributed by atoms with Gasteiger partial charge in [0.15, 0.2) is 0 Å². The third-order valence-electron chi connectivity index (χ3n) is 2.23. The Hall–Kier alpha value is -1.67. The average molecular weight is 287 g/mol. The molecule has 0 amide bonds. The lowest BCUT2D eigenvalue weighted by molar-refractivity contribution is -0.137. The first kappa shape index (κ1) is 15.4. The Balaban J connectivity index is 3.14. The van der Waals surface area contributed by atoms with Gasteiger partial charge in [-0.3, -0.25) is 0 Å². The molecule has 0 aliphatic heterocycles. The summed E-state index contributed by atoms with van der Waals surface area (Å²) in [5, 5.41) is 0. The van der Waals surface area contributed by atoms with Gasteiger partial charge in [-0.15, -0.1) is 0 Å². The lowest BCUT2D eigenvalue weighted by atomic mass is 10.2. The van der Waals surface area contributed by atoms with E-state index in [0.29, 0.717) is 17.0 Å². The van der Waals surface area contributed by atoms with Crippen molar-refractivity contribution in [3.8, 4) is 0 Å². The summed E-state index contributed by atoms with van der Waals surface area (Å²) in [6.07, 6.45) is -9.23. The second kappa shape index (κ2) is 5.14. The summed E-state index contributed by atoms with van der Waals surface area (Å²) < 4.78 is 74.5. The lowest BCUT2D eigenvalue weighted by Gasteiger charge is -2.24. The molecular weight excluding hydrogens is 276 g/mol. The van der Waals surface area contributed by atoms with E-state index in [1.807, 2.05) is 0 Å². The number of aromatic nitrogens is 1. The van der Waals surface area contributed by atoms with Crippen LogP contribution in [0.15, 0.2) is 12.1 Å². The molecule has 0 spiro atoms. The van der Waals surface area contributed by atoms with Crippen LogP contribution in [0.3, 0.4) is 0 Å². The van der Waals surface area contributed by atoms with E-state index in [1.165, 1.54) is 6.92 Å². The highest BCUT2D eigenvalue weighted by atomic mass is 19.4. The Morgan fingerprint density at radius 2 is 1.74 bits per heavy atom. The molecule has 0 unspecified atom stereocenters. The number of alkyl halides is 6. The van der Waals surface area contributed by atoms with Crippen LogP contribution >= 0.6 is 0 Å². The predicted octanol–water partition coefficient (Wildman–Crippen LogP) is 3.07. The molecule has 0 aliphatic carbocycles. The van der Waals surface area contributed by atoms with Crippen LogP contribution in [0.2, 0.25) is 0 Å². The fourth-order valence-electron chi connectivity index (χ4n) is 1.43. The van der Waals surface area contributed by atoms with E-state index in [2.05, 4.69) is 4.98 Å². The van der Waals surface area contributed by atoms with Crippen LogP contribution in [-0.4, -0.2) is 24.2 Å². The number of hydrogen-bond donors (Lipinski definition) is 1. The second-order valence-electron chi connectivity index (χ2n) is 3.77. The highest BCUT2D eigenvalue weighted by molar-refractivity contribution is 5.49. The zero-order valence-corrected chi connectivity index (χ0v) is 9.81. The topological polar surface area (TPSA) is 42.1 Å². The molecule has 1 aromatic heterocycles. The molecule has 0 saturated carbocycles. The maximum atomic E-state index is 12.5. The Morgan fingerprint density at radius 1 is 1.16 bits per heavy atom. The van der Waals surface area contributed by atoms with Crippen molar-refractivity contribution in [3.63, 3.8) is 0 Å². The number of halogens is 6. The number of nitrogens with zero attached hydrogens (tertiary/aromatic N) is 2. The maximum absolute atomic E-state index is 12.5. The highest BCUT2D eigenvalue weighted by Crippen LogP contribution is 2.32. The first-order chi connectivity index (χ1) is 8.53. The molecule has 0 atom stereocenters. The Labute approximate surface area is 105 Å². The number of anilines is 2. The zero-order valence-electron chi connectivity index (χ0n) is 9.81. The van der Waals surface area contributed by atoms with Crippen molar-refractivity contribution in [3.05, 3.63) is 17.7 Å². The van der Waals surface area contributed by atoms with Crippen molar-refractivity contribution < 1.29 is 26.3 Å². The molecule has 2 N–H and O–H groups in total. The molecule has 0 aliphatic rings. The fraction of sp³-hybridized carbons (Fsp3) is 0.500. The van der Waals surface area contributed by atoms with Gasteiger partial charge in [0.2, 0.25) is 0 Å². The average Bonchev–Trinajstić information content (AvgIpc) is 2.22. The summed E-state index contributed by atoms with van der Waals surface area (Å²) in [7, 11) is 0. The fourth-order valence-corrected chi connectivity index (χ4v) is 1.43. The van der Waals surface area contributed by atoms with Gasteiger partial charge >= 0.3 is 12.4 Å². The van der Waals surface area contributed by atoms with Crippen molar-refractivity contribution in [2.24, 2.45) is 0 Å². The van der Waals surface area contributed by atoms with Crippen LogP contribution in [-0.2, 0) is 6.18 Å². The lowest BCUT2D eigenvalue weighted by Crippen LogP contribution is -2.35. The van der Waals surface area contributed by atoms with Gasteiger partial charge in [0, 0.05) is 6.54 Å². The van der Waals surface area contributed by atoms with Gasteiger partial charge in [-0.2, -0.15) is 26.3 Å². The van der Waals surface area contributed by atoms with Crippen LogP contribution in [0.5, 0.6) is 0 Å². The Kier molecular flexibility index (Phi) is 4.16. The van der Waals surface area contributed by atoms with E-state index in [1.54, 1.807) is 0 Å². The molecule has 19 heavy (non-hydrogen) atoms. The van der Waals surface area contributed by atoms with Gasteiger partial charge in [0.05, 0.1) is 5.56 Å².